The van der Waals surface area contributed by atoms with Crippen LogP contribution in [-0.4, -0.2) is 25.0 Å². The Bertz CT molecular complexity index is 346. The van der Waals surface area contributed by atoms with Crippen LogP contribution in [0.15, 0.2) is 18.2 Å². The first-order valence-corrected chi connectivity index (χ1v) is 4.56. The average molecular weight is 210 g/mol. The first-order chi connectivity index (χ1) is 7.13. The monoisotopic (exact) mass is 210 g/mol. The highest BCUT2D eigenvalue weighted by atomic mass is 16.7. The van der Waals surface area contributed by atoms with E-state index in [9.17, 15) is 4.79 Å². The van der Waals surface area contributed by atoms with Crippen molar-refractivity contribution >= 4 is 5.97 Å². The van der Waals surface area contributed by atoms with Gasteiger partial charge in [-0.1, -0.05) is 12.1 Å². The van der Waals surface area contributed by atoms with Crippen molar-refractivity contribution in [3.8, 4) is 5.75 Å². The maximum absolute atomic E-state index is 10.5. The second-order valence-corrected chi connectivity index (χ2v) is 3.22. The Morgan fingerprint density at radius 2 is 2.20 bits per heavy atom. The SMILES string of the molecule is COCOc1cc(CC(=O)O)ccc1C. The molecule has 4 heteroatoms. The third kappa shape index (κ3) is 3.59. The Kier molecular flexibility index (Phi) is 4.12. The molecule has 0 saturated heterocycles. The van der Waals surface area contributed by atoms with E-state index in [2.05, 4.69) is 0 Å². The zero-order chi connectivity index (χ0) is 11.3. The van der Waals surface area contributed by atoms with Gasteiger partial charge in [0, 0.05) is 7.11 Å². The summed E-state index contributed by atoms with van der Waals surface area (Å²) in [7, 11) is 1.54. The number of rotatable bonds is 5. The Morgan fingerprint density at radius 3 is 2.80 bits per heavy atom. The smallest absolute Gasteiger partial charge is 0.307 e. The molecule has 1 aromatic carbocycles. The molecule has 0 heterocycles. The summed E-state index contributed by atoms with van der Waals surface area (Å²) in [4.78, 5) is 10.5. The minimum atomic E-state index is -0.850. The lowest BCUT2D eigenvalue weighted by Crippen LogP contribution is -2.03. The molecule has 0 radical (unpaired) electrons. The molecule has 0 fully saturated rings. The van der Waals surface area contributed by atoms with Gasteiger partial charge in [0.1, 0.15) is 5.75 Å². The molecule has 82 valence electrons. The number of ether oxygens (including phenoxy) is 2. The van der Waals surface area contributed by atoms with Crippen LogP contribution in [0.3, 0.4) is 0 Å². The molecular formula is C11H14O4. The van der Waals surface area contributed by atoms with Gasteiger partial charge in [0.15, 0.2) is 6.79 Å². The number of hydrogen-bond donors (Lipinski definition) is 1. The van der Waals surface area contributed by atoms with Crippen LogP contribution in [0, 0.1) is 6.92 Å². The standard InChI is InChI=1S/C11H14O4/c1-8-3-4-9(6-11(12)13)5-10(8)15-7-14-2/h3-5H,6-7H2,1-2H3,(H,12,13). The zero-order valence-electron chi connectivity index (χ0n) is 8.82. The largest absolute Gasteiger partial charge is 0.481 e. The molecule has 0 amide bonds. The Labute approximate surface area is 88.4 Å². The molecule has 0 saturated carbocycles. The summed E-state index contributed by atoms with van der Waals surface area (Å²) in [6.07, 6.45) is 0.00359. The first-order valence-electron chi connectivity index (χ1n) is 4.56. The van der Waals surface area contributed by atoms with Gasteiger partial charge >= 0.3 is 5.97 Å². The van der Waals surface area contributed by atoms with E-state index in [1.54, 1.807) is 12.1 Å². The quantitative estimate of drug-likeness (QED) is 0.750. The van der Waals surface area contributed by atoms with Gasteiger partial charge in [-0.05, 0) is 24.1 Å². The third-order valence-electron chi connectivity index (χ3n) is 1.94. The normalized spacial score (nSPS) is 10.0. The van der Waals surface area contributed by atoms with Crippen molar-refractivity contribution in [2.45, 2.75) is 13.3 Å². The average Bonchev–Trinajstić information content (AvgIpc) is 2.18. The maximum Gasteiger partial charge on any atom is 0.307 e. The second-order valence-electron chi connectivity index (χ2n) is 3.22. The van der Waals surface area contributed by atoms with Gasteiger partial charge in [-0.25, -0.2) is 0 Å². The lowest BCUT2D eigenvalue weighted by atomic mass is 10.1. The summed E-state index contributed by atoms with van der Waals surface area (Å²) in [5.41, 5.74) is 1.68. The fraction of sp³-hybridized carbons (Fsp3) is 0.364. The van der Waals surface area contributed by atoms with Crippen molar-refractivity contribution in [2.75, 3.05) is 13.9 Å². The second kappa shape index (κ2) is 5.36. The van der Waals surface area contributed by atoms with Crippen molar-refractivity contribution in [1.82, 2.24) is 0 Å². The molecule has 0 unspecified atom stereocenters. The van der Waals surface area contributed by atoms with E-state index in [0.717, 1.165) is 11.1 Å². The predicted molar refractivity (Wildman–Crippen MR) is 55.0 cm³/mol. The van der Waals surface area contributed by atoms with Crippen LogP contribution in [-0.2, 0) is 16.0 Å². The molecule has 0 aliphatic rings. The first kappa shape index (κ1) is 11.5. The number of carboxylic acids is 1. The molecular weight excluding hydrogens is 196 g/mol. The number of benzene rings is 1. The molecule has 1 N–H and O–H groups in total. The Morgan fingerprint density at radius 1 is 1.47 bits per heavy atom. The van der Waals surface area contributed by atoms with E-state index in [1.165, 1.54) is 7.11 Å². The van der Waals surface area contributed by atoms with Gasteiger partial charge in [0.25, 0.3) is 0 Å². The lowest BCUT2D eigenvalue weighted by molar-refractivity contribution is -0.136. The van der Waals surface area contributed by atoms with Crippen molar-refractivity contribution in [3.63, 3.8) is 0 Å². The van der Waals surface area contributed by atoms with E-state index in [1.807, 2.05) is 13.0 Å². The van der Waals surface area contributed by atoms with E-state index >= 15 is 0 Å². The van der Waals surface area contributed by atoms with Gasteiger partial charge < -0.3 is 14.6 Å². The fourth-order valence-corrected chi connectivity index (χ4v) is 1.21. The van der Waals surface area contributed by atoms with Crippen molar-refractivity contribution < 1.29 is 19.4 Å². The summed E-state index contributed by atoms with van der Waals surface area (Å²) in [6.45, 7) is 2.06. The number of carbonyl (C=O) groups is 1. The van der Waals surface area contributed by atoms with Crippen LogP contribution in [0.25, 0.3) is 0 Å². The van der Waals surface area contributed by atoms with E-state index in [4.69, 9.17) is 14.6 Å². The number of methoxy groups -OCH3 is 1. The summed E-state index contributed by atoms with van der Waals surface area (Å²) in [5.74, 6) is -0.188. The number of aliphatic carboxylic acids is 1. The molecule has 15 heavy (non-hydrogen) atoms. The van der Waals surface area contributed by atoms with E-state index in [0.29, 0.717) is 5.75 Å². The highest BCUT2D eigenvalue weighted by Gasteiger charge is 2.04. The van der Waals surface area contributed by atoms with Crippen LogP contribution >= 0.6 is 0 Å². The maximum atomic E-state index is 10.5. The summed E-state index contributed by atoms with van der Waals surface area (Å²) < 4.78 is 10.1. The molecule has 1 aromatic rings. The third-order valence-corrected chi connectivity index (χ3v) is 1.94. The number of carboxylic acid groups (broad SMARTS) is 1. The van der Waals surface area contributed by atoms with Gasteiger partial charge in [0.2, 0.25) is 0 Å². The Hall–Kier alpha value is -1.55. The van der Waals surface area contributed by atoms with Crippen molar-refractivity contribution in [3.05, 3.63) is 29.3 Å². The topological polar surface area (TPSA) is 55.8 Å². The summed E-state index contributed by atoms with van der Waals surface area (Å²) >= 11 is 0. The molecule has 0 aliphatic carbocycles. The molecule has 4 nitrogen and oxygen atoms in total. The fourth-order valence-electron chi connectivity index (χ4n) is 1.21. The highest BCUT2D eigenvalue weighted by molar-refractivity contribution is 5.70. The molecule has 0 atom stereocenters. The predicted octanol–water partition coefficient (Wildman–Crippen LogP) is 1.60. The molecule has 0 bridgehead atoms. The van der Waals surface area contributed by atoms with Crippen LogP contribution in [0.1, 0.15) is 11.1 Å². The van der Waals surface area contributed by atoms with Crippen LogP contribution in [0.2, 0.25) is 0 Å². The lowest BCUT2D eigenvalue weighted by Gasteiger charge is -2.09. The molecule has 0 aliphatic heterocycles. The van der Waals surface area contributed by atoms with Crippen LogP contribution in [0.5, 0.6) is 5.75 Å². The number of aryl methyl sites for hydroxylation is 1. The molecule has 0 aromatic heterocycles. The van der Waals surface area contributed by atoms with Gasteiger partial charge in [-0.2, -0.15) is 0 Å². The summed E-state index contributed by atoms with van der Waals surface area (Å²) in [5, 5.41) is 8.64. The Balaban J connectivity index is 2.79. The van der Waals surface area contributed by atoms with E-state index < -0.39 is 5.97 Å². The minimum absolute atomic E-state index is 0.00359. The van der Waals surface area contributed by atoms with Crippen molar-refractivity contribution in [2.24, 2.45) is 0 Å². The van der Waals surface area contributed by atoms with Gasteiger partial charge in [0.05, 0.1) is 6.42 Å². The molecule has 1 rings (SSSR count). The van der Waals surface area contributed by atoms with Gasteiger partial charge in [-0.3, -0.25) is 4.79 Å². The highest BCUT2D eigenvalue weighted by Crippen LogP contribution is 2.19. The van der Waals surface area contributed by atoms with Crippen LogP contribution < -0.4 is 4.74 Å². The van der Waals surface area contributed by atoms with Crippen molar-refractivity contribution in [1.29, 1.82) is 0 Å². The van der Waals surface area contributed by atoms with Crippen LogP contribution in [0.4, 0.5) is 0 Å². The van der Waals surface area contributed by atoms with E-state index in [-0.39, 0.29) is 13.2 Å². The van der Waals surface area contributed by atoms with Gasteiger partial charge in [-0.15, -0.1) is 0 Å². The number of hydrogen-bond acceptors (Lipinski definition) is 3. The zero-order valence-corrected chi connectivity index (χ0v) is 8.82. The summed E-state index contributed by atoms with van der Waals surface area (Å²) in [6, 6.07) is 5.34. The minimum Gasteiger partial charge on any atom is -0.481 e. The molecule has 0 spiro atoms.